The highest BCUT2D eigenvalue weighted by molar-refractivity contribution is 9.10. The van der Waals surface area contributed by atoms with Crippen LogP contribution in [-0.2, 0) is 15.3 Å². The Morgan fingerprint density at radius 1 is 1.16 bits per heavy atom. The molecule has 14 heteroatoms. The number of Topliss-reactive ketones (excluding diaryl/α,β-unsaturated/α-hetero) is 1. The molecule has 5 aromatic rings. The van der Waals surface area contributed by atoms with Gasteiger partial charge in [0, 0.05) is 11.9 Å². The molecule has 1 fully saturated rings. The van der Waals surface area contributed by atoms with E-state index in [1.807, 2.05) is 0 Å². The summed E-state index contributed by atoms with van der Waals surface area (Å²) >= 11 is 5.76. The Bertz CT molecular complexity index is 1940. The summed E-state index contributed by atoms with van der Waals surface area (Å²) in [5.74, 6) is -2.18. The standard InChI is InChI=1S/C29H21BrFN5O5S2/c1-14-22(35-10-4-3-5-20(35)32-14)25(38)21-23(16-11-18(30)24(37)19(12-16)41-2)36(27(40)26(21)39)28-33-34-29(43-28)42-13-15-6-8-17(31)9-7-15/h3-12,23,37-38H,13H2,1-2H3. The molecular formula is C29H21BrFN5O5S2. The minimum atomic E-state index is -1.15. The number of hydrogen-bond acceptors (Lipinski definition) is 10. The maximum absolute atomic E-state index is 13.7. The van der Waals surface area contributed by atoms with Crippen LogP contribution in [0.4, 0.5) is 9.52 Å². The average Bonchev–Trinajstić information content (AvgIpc) is 3.67. The predicted octanol–water partition coefficient (Wildman–Crippen LogP) is 6.03. The first-order chi connectivity index (χ1) is 20.7. The van der Waals surface area contributed by atoms with Crippen molar-refractivity contribution in [2.24, 2.45) is 0 Å². The molecule has 3 aromatic heterocycles. The van der Waals surface area contributed by atoms with E-state index in [0.717, 1.165) is 16.9 Å². The fourth-order valence-electron chi connectivity index (χ4n) is 4.86. The number of aryl methyl sites for hydroxylation is 1. The summed E-state index contributed by atoms with van der Waals surface area (Å²) in [6.45, 7) is 1.70. The van der Waals surface area contributed by atoms with Gasteiger partial charge in [-0.1, -0.05) is 41.3 Å². The Morgan fingerprint density at radius 3 is 2.67 bits per heavy atom. The van der Waals surface area contributed by atoms with E-state index in [9.17, 15) is 24.2 Å². The van der Waals surface area contributed by atoms with Gasteiger partial charge in [0.05, 0.1) is 28.9 Å². The van der Waals surface area contributed by atoms with Crippen LogP contribution in [0.25, 0.3) is 11.4 Å². The Morgan fingerprint density at radius 2 is 1.93 bits per heavy atom. The quantitative estimate of drug-likeness (QED) is 0.0695. The van der Waals surface area contributed by atoms with Crippen molar-refractivity contribution in [3.05, 3.63) is 99.2 Å². The Labute approximate surface area is 260 Å². The average molecular weight is 683 g/mol. The van der Waals surface area contributed by atoms with Crippen molar-refractivity contribution in [2.75, 3.05) is 12.0 Å². The third-order valence-electron chi connectivity index (χ3n) is 6.84. The Kier molecular flexibility index (Phi) is 7.66. The van der Waals surface area contributed by atoms with Crippen LogP contribution in [0.2, 0.25) is 0 Å². The molecule has 1 saturated heterocycles. The minimum absolute atomic E-state index is 0.0914. The molecule has 6 rings (SSSR count). The second kappa shape index (κ2) is 11.4. The molecule has 43 heavy (non-hydrogen) atoms. The van der Waals surface area contributed by atoms with Crippen LogP contribution in [0.5, 0.6) is 11.5 Å². The van der Waals surface area contributed by atoms with Crippen LogP contribution < -0.4 is 9.64 Å². The first-order valence-corrected chi connectivity index (χ1v) is 15.3. The number of aliphatic hydroxyl groups excluding tert-OH is 1. The highest BCUT2D eigenvalue weighted by Gasteiger charge is 2.49. The van der Waals surface area contributed by atoms with Gasteiger partial charge in [-0.25, -0.2) is 9.37 Å². The number of phenols is 1. The molecule has 0 radical (unpaired) electrons. The van der Waals surface area contributed by atoms with Crippen molar-refractivity contribution >= 4 is 67.3 Å². The smallest absolute Gasteiger partial charge is 0.301 e. The molecule has 0 saturated carbocycles. The van der Waals surface area contributed by atoms with Crippen LogP contribution in [0.1, 0.15) is 28.6 Å². The maximum Gasteiger partial charge on any atom is 0.301 e. The monoisotopic (exact) mass is 681 g/mol. The molecule has 10 nitrogen and oxygen atoms in total. The summed E-state index contributed by atoms with van der Waals surface area (Å²) in [5, 5.41) is 30.7. The van der Waals surface area contributed by atoms with E-state index in [2.05, 4.69) is 31.1 Å². The molecule has 1 aliphatic heterocycles. The number of imidazole rings is 1. The number of nitrogens with zero attached hydrogens (tertiary/aromatic N) is 5. The van der Waals surface area contributed by atoms with Gasteiger partial charge >= 0.3 is 5.91 Å². The molecule has 1 aliphatic rings. The molecule has 1 amide bonds. The number of fused-ring (bicyclic) bond motifs is 1. The number of benzene rings is 2. The first-order valence-electron chi connectivity index (χ1n) is 12.7. The van der Waals surface area contributed by atoms with Crippen molar-refractivity contribution in [3.8, 4) is 11.5 Å². The van der Waals surface area contributed by atoms with E-state index >= 15 is 0 Å². The second-order valence-corrected chi connectivity index (χ2v) is 12.5. The number of carbonyl (C=O) groups is 2. The Balaban J connectivity index is 1.48. The number of amides is 1. The Hall–Kier alpha value is -4.27. The number of carbonyl (C=O) groups excluding carboxylic acids is 2. The highest BCUT2D eigenvalue weighted by Crippen LogP contribution is 2.47. The zero-order valence-electron chi connectivity index (χ0n) is 22.5. The lowest BCUT2D eigenvalue weighted by Crippen LogP contribution is -2.29. The van der Waals surface area contributed by atoms with Crippen LogP contribution >= 0.6 is 39.0 Å². The van der Waals surface area contributed by atoms with Gasteiger partial charge in [0.25, 0.3) is 5.78 Å². The number of halogens is 2. The summed E-state index contributed by atoms with van der Waals surface area (Å²) in [6.07, 6.45) is 1.70. The number of aromatic hydroxyl groups is 1. The van der Waals surface area contributed by atoms with Crippen molar-refractivity contribution in [1.29, 1.82) is 0 Å². The van der Waals surface area contributed by atoms with E-state index < -0.39 is 23.5 Å². The van der Waals surface area contributed by atoms with E-state index in [0.29, 0.717) is 27.0 Å². The topological polar surface area (TPSA) is 130 Å². The molecule has 0 bridgehead atoms. The number of ether oxygens (including phenoxy) is 1. The van der Waals surface area contributed by atoms with Gasteiger partial charge in [0.1, 0.15) is 17.2 Å². The number of aliphatic hydroxyl groups is 1. The summed E-state index contributed by atoms with van der Waals surface area (Å²) < 4.78 is 21.0. The number of hydrogen-bond donors (Lipinski definition) is 2. The van der Waals surface area contributed by atoms with Crippen LogP contribution in [0.15, 0.2) is 75.2 Å². The van der Waals surface area contributed by atoms with E-state index in [1.165, 1.54) is 42.0 Å². The van der Waals surface area contributed by atoms with Crippen LogP contribution in [-0.4, -0.2) is 48.6 Å². The summed E-state index contributed by atoms with van der Waals surface area (Å²) in [6, 6.07) is 13.3. The number of ketones is 1. The summed E-state index contributed by atoms with van der Waals surface area (Å²) in [4.78, 5) is 33.0. The van der Waals surface area contributed by atoms with Gasteiger partial charge in [0.15, 0.2) is 21.6 Å². The maximum atomic E-state index is 13.7. The zero-order valence-corrected chi connectivity index (χ0v) is 25.7. The molecule has 218 valence electrons. The lowest BCUT2D eigenvalue weighted by molar-refractivity contribution is -0.132. The second-order valence-electron chi connectivity index (χ2n) is 9.46. The number of aromatic nitrogens is 4. The number of phenolic OH excluding ortho intramolecular Hbond substituents is 1. The SMILES string of the molecule is COc1cc(C2C(=C(O)c3c(C)nc4ccccn34)C(=O)C(=O)N2c2nnc(SCc3ccc(F)cc3)s2)cc(Br)c1O. The van der Waals surface area contributed by atoms with Gasteiger partial charge in [-0.2, -0.15) is 0 Å². The molecular weight excluding hydrogens is 661 g/mol. The van der Waals surface area contributed by atoms with Gasteiger partial charge in [-0.15, -0.1) is 10.2 Å². The number of methoxy groups -OCH3 is 1. The zero-order chi connectivity index (χ0) is 30.4. The third kappa shape index (κ3) is 5.15. The summed E-state index contributed by atoms with van der Waals surface area (Å²) in [5.41, 5.74) is 2.31. The highest BCUT2D eigenvalue weighted by atomic mass is 79.9. The lowest BCUT2D eigenvalue weighted by atomic mass is 9.96. The van der Waals surface area contributed by atoms with Crippen LogP contribution in [0.3, 0.4) is 0 Å². The van der Waals surface area contributed by atoms with E-state index in [1.54, 1.807) is 53.9 Å². The van der Waals surface area contributed by atoms with E-state index in [4.69, 9.17) is 4.74 Å². The fraction of sp³-hybridized carbons (Fsp3) is 0.138. The number of pyridine rings is 1. The number of rotatable bonds is 7. The van der Waals surface area contributed by atoms with Crippen molar-refractivity contribution in [1.82, 2.24) is 19.6 Å². The van der Waals surface area contributed by atoms with Gasteiger partial charge in [-0.3, -0.25) is 18.9 Å². The molecule has 2 aromatic carbocycles. The number of thioether (sulfide) groups is 1. The number of anilines is 1. The largest absolute Gasteiger partial charge is 0.505 e. The van der Waals surface area contributed by atoms with E-state index in [-0.39, 0.29) is 38.2 Å². The van der Waals surface area contributed by atoms with Crippen LogP contribution in [0, 0.1) is 12.7 Å². The van der Waals surface area contributed by atoms with Gasteiger partial charge < -0.3 is 14.9 Å². The van der Waals surface area contributed by atoms with Crippen molar-refractivity contribution < 1.29 is 28.9 Å². The first kappa shape index (κ1) is 28.8. The molecule has 4 heterocycles. The predicted molar refractivity (Wildman–Crippen MR) is 163 cm³/mol. The normalized spacial score (nSPS) is 16.4. The third-order valence-corrected chi connectivity index (χ3v) is 9.57. The lowest BCUT2D eigenvalue weighted by Gasteiger charge is -2.23. The molecule has 0 aliphatic carbocycles. The molecule has 1 unspecified atom stereocenters. The fourth-order valence-corrected chi connectivity index (χ4v) is 7.15. The minimum Gasteiger partial charge on any atom is -0.505 e. The molecule has 2 N–H and O–H groups in total. The van der Waals surface area contributed by atoms with Crippen molar-refractivity contribution in [3.63, 3.8) is 0 Å². The summed E-state index contributed by atoms with van der Waals surface area (Å²) in [7, 11) is 1.37. The molecule has 0 spiro atoms. The van der Waals surface area contributed by atoms with Gasteiger partial charge in [-0.05, 0) is 70.4 Å². The molecule has 1 atom stereocenters. The van der Waals surface area contributed by atoms with Crippen molar-refractivity contribution in [2.45, 2.75) is 23.1 Å². The van der Waals surface area contributed by atoms with Gasteiger partial charge in [0.2, 0.25) is 5.13 Å².